The maximum atomic E-state index is 13.2. The lowest BCUT2D eigenvalue weighted by Crippen LogP contribution is -2.45. The fourth-order valence-corrected chi connectivity index (χ4v) is 2.81. The molecule has 132 valence electrons. The minimum Gasteiger partial charge on any atom is -0.482 e. The summed E-state index contributed by atoms with van der Waals surface area (Å²) in [6.45, 7) is 1.28. The summed E-state index contributed by atoms with van der Waals surface area (Å²) >= 11 is 0. The summed E-state index contributed by atoms with van der Waals surface area (Å²) in [6.07, 6.45) is 0.110. The standard InChI is InChI=1S/C19H16FN3O3/c1-13-10-19(25,15-6-8-16(20)9-7-15)23(22-13)18(24)12-26-17-5-3-2-4-14(17)11-21/h2-9,25H,10,12H2,1H3/t19-/m1/s1. The van der Waals surface area contributed by atoms with Gasteiger partial charge in [0.05, 0.1) is 5.56 Å². The SMILES string of the molecule is CC1=NN(C(=O)COc2ccccc2C#N)[C@](O)(c2ccc(F)cc2)C1. The van der Waals surface area contributed by atoms with Gasteiger partial charge in [0, 0.05) is 17.7 Å². The molecule has 0 bridgehead atoms. The van der Waals surface area contributed by atoms with Crippen molar-refractivity contribution in [3.8, 4) is 11.8 Å². The molecular formula is C19H16FN3O3. The van der Waals surface area contributed by atoms with Crippen molar-refractivity contribution in [2.24, 2.45) is 5.10 Å². The second kappa shape index (κ2) is 6.94. The zero-order valence-corrected chi connectivity index (χ0v) is 14.0. The average molecular weight is 353 g/mol. The molecule has 0 aliphatic carbocycles. The Balaban J connectivity index is 1.80. The van der Waals surface area contributed by atoms with Crippen molar-refractivity contribution in [1.29, 1.82) is 5.26 Å². The summed E-state index contributed by atoms with van der Waals surface area (Å²) in [7, 11) is 0. The molecule has 2 aromatic rings. The Kier molecular flexibility index (Phi) is 4.69. The molecule has 3 rings (SSSR count). The number of hydrazone groups is 1. The molecule has 0 unspecified atom stereocenters. The van der Waals surface area contributed by atoms with Crippen LogP contribution in [-0.4, -0.2) is 28.3 Å². The average Bonchev–Trinajstić information content (AvgIpc) is 2.96. The van der Waals surface area contributed by atoms with E-state index in [2.05, 4.69) is 5.10 Å². The Morgan fingerprint density at radius 3 is 2.73 bits per heavy atom. The van der Waals surface area contributed by atoms with Gasteiger partial charge < -0.3 is 9.84 Å². The van der Waals surface area contributed by atoms with E-state index in [4.69, 9.17) is 10.00 Å². The Labute approximate surface area is 149 Å². The van der Waals surface area contributed by atoms with Gasteiger partial charge in [-0.25, -0.2) is 4.39 Å². The highest BCUT2D eigenvalue weighted by atomic mass is 19.1. The largest absolute Gasteiger partial charge is 0.482 e. The number of nitrogens with zero attached hydrogens (tertiary/aromatic N) is 3. The third-order valence-corrected chi connectivity index (χ3v) is 4.02. The van der Waals surface area contributed by atoms with E-state index in [-0.39, 0.29) is 12.2 Å². The fraction of sp³-hybridized carbons (Fsp3) is 0.211. The number of amides is 1. The Morgan fingerprint density at radius 1 is 1.35 bits per heavy atom. The van der Waals surface area contributed by atoms with Crippen molar-refractivity contribution in [2.45, 2.75) is 19.1 Å². The van der Waals surface area contributed by atoms with E-state index in [0.29, 0.717) is 16.8 Å². The Morgan fingerprint density at radius 2 is 2.04 bits per heavy atom. The van der Waals surface area contributed by atoms with Gasteiger partial charge in [0.15, 0.2) is 12.3 Å². The van der Waals surface area contributed by atoms with Crippen molar-refractivity contribution in [3.63, 3.8) is 0 Å². The van der Waals surface area contributed by atoms with Crippen LogP contribution >= 0.6 is 0 Å². The van der Waals surface area contributed by atoms with Gasteiger partial charge in [-0.3, -0.25) is 4.79 Å². The molecule has 0 radical (unpaired) electrons. The van der Waals surface area contributed by atoms with Gasteiger partial charge in [-0.15, -0.1) is 0 Å². The quantitative estimate of drug-likeness (QED) is 0.915. The molecule has 0 fully saturated rings. The Hall–Kier alpha value is -3.24. The molecule has 26 heavy (non-hydrogen) atoms. The van der Waals surface area contributed by atoms with Gasteiger partial charge in [-0.05, 0) is 31.2 Å². The van der Waals surface area contributed by atoms with Crippen LogP contribution in [0.2, 0.25) is 0 Å². The van der Waals surface area contributed by atoms with Crippen LogP contribution < -0.4 is 4.74 Å². The minimum atomic E-state index is -1.70. The molecule has 1 aliphatic heterocycles. The number of hydrogen-bond donors (Lipinski definition) is 1. The fourth-order valence-electron chi connectivity index (χ4n) is 2.81. The first-order valence-electron chi connectivity index (χ1n) is 7.91. The van der Waals surface area contributed by atoms with Crippen LogP contribution in [0, 0.1) is 17.1 Å². The molecule has 1 atom stereocenters. The van der Waals surface area contributed by atoms with Crippen molar-refractivity contribution in [3.05, 3.63) is 65.5 Å². The van der Waals surface area contributed by atoms with Gasteiger partial charge >= 0.3 is 0 Å². The van der Waals surface area contributed by atoms with Crippen LogP contribution in [0.4, 0.5) is 4.39 Å². The monoisotopic (exact) mass is 353 g/mol. The number of aliphatic hydroxyl groups is 1. The van der Waals surface area contributed by atoms with Crippen molar-refractivity contribution >= 4 is 11.6 Å². The number of benzene rings is 2. The molecule has 2 aromatic carbocycles. The first-order valence-corrected chi connectivity index (χ1v) is 7.91. The first-order chi connectivity index (χ1) is 12.4. The topological polar surface area (TPSA) is 85.9 Å². The van der Waals surface area contributed by atoms with Gasteiger partial charge in [0.2, 0.25) is 0 Å². The van der Waals surface area contributed by atoms with Crippen LogP contribution in [0.1, 0.15) is 24.5 Å². The van der Waals surface area contributed by atoms with E-state index in [1.807, 2.05) is 6.07 Å². The maximum absolute atomic E-state index is 13.2. The highest BCUT2D eigenvalue weighted by Gasteiger charge is 2.44. The molecule has 1 heterocycles. The van der Waals surface area contributed by atoms with Gasteiger partial charge in [-0.1, -0.05) is 24.3 Å². The molecule has 0 spiro atoms. The summed E-state index contributed by atoms with van der Waals surface area (Å²) in [5, 5.41) is 25.1. The molecule has 7 heteroatoms. The van der Waals surface area contributed by atoms with E-state index >= 15 is 0 Å². The van der Waals surface area contributed by atoms with E-state index in [9.17, 15) is 14.3 Å². The number of nitriles is 1. The summed E-state index contributed by atoms with van der Waals surface area (Å²) in [5.41, 5.74) is -0.490. The molecule has 0 aromatic heterocycles. The number of carbonyl (C=O) groups excluding carboxylic acids is 1. The van der Waals surface area contributed by atoms with Crippen LogP contribution in [0.25, 0.3) is 0 Å². The number of para-hydroxylation sites is 1. The first kappa shape index (κ1) is 17.6. The summed E-state index contributed by atoms with van der Waals surface area (Å²) in [5.74, 6) is -0.753. The molecule has 1 aliphatic rings. The zero-order chi connectivity index (χ0) is 18.7. The summed E-state index contributed by atoms with van der Waals surface area (Å²) in [4.78, 5) is 12.6. The van der Waals surface area contributed by atoms with Crippen LogP contribution in [0.5, 0.6) is 5.75 Å². The maximum Gasteiger partial charge on any atom is 0.283 e. The van der Waals surface area contributed by atoms with Crippen LogP contribution in [0.3, 0.4) is 0 Å². The lowest BCUT2D eigenvalue weighted by atomic mass is 9.97. The molecular weight excluding hydrogens is 337 g/mol. The number of rotatable bonds is 4. The summed E-state index contributed by atoms with van der Waals surface area (Å²) in [6, 6.07) is 13.8. The van der Waals surface area contributed by atoms with Crippen LogP contribution in [-0.2, 0) is 10.5 Å². The number of hydrogen-bond acceptors (Lipinski definition) is 5. The van der Waals surface area contributed by atoms with Crippen molar-refractivity contribution in [1.82, 2.24) is 5.01 Å². The minimum absolute atomic E-state index is 0.110. The lowest BCUT2D eigenvalue weighted by Gasteiger charge is -2.31. The summed E-state index contributed by atoms with van der Waals surface area (Å²) < 4.78 is 18.6. The van der Waals surface area contributed by atoms with E-state index in [1.54, 1.807) is 31.2 Å². The van der Waals surface area contributed by atoms with E-state index in [0.717, 1.165) is 5.01 Å². The van der Waals surface area contributed by atoms with Crippen LogP contribution in [0.15, 0.2) is 53.6 Å². The van der Waals surface area contributed by atoms with Gasteiger partial charge in [0.1, 0.15) is 17.6 Å². The zero-order valence-electron chi connectivity index (χ0n) is 14.0. The highest BCUT2D eigenvalue weighted by Crippen LogP contribution is 2.35. The second-order valence-corrected chi connectivity index (χ2v) is 5.94. The molecule has 0 saturated heterocycles. The second-order valence-electron chi connectivity index (χ2n) is 5.94. The van der Waals surface area contributed by atoms with Gasteiger partial charge in [0.25, 0.3) is 5.91 Å². The third-order valence-electron chi connectivity index (χ3n) is 4.02. The predicted molar refractivity (Wildman–Crippen MR) is 91.5 cm³/mol. The van der Waals surface area contributed by atoms with E-state index < -0.39 is 24.1 Å². The number of ether oxygens (including phenoxy) is 1. The molecule has 6 nitrogen and oxygen atoms in total. The van der Waals surface area contributed by atoms with Gasteiger partial charge in [-0.2, -0.15) is 15.4 Å². The third kappa shape index (κ3) is 3.27. The predicted octanol–water partition coefficient (Wildman–Crippen LogP) is 2.53. The normalized spacial score (nSPS) is 19.0. The molecule has 1 N–H and O–H groups in total. The molecule has 1 amide bonds. The molecule has 0 saturated carbocycles. The van der Waals surface area contributed by atoms with Crippen molar-refractivity contribution < 1.29 is 19.0 Å². The lowest BCUT2D eigenvalue weighted by molar-refractivity contribution is -0.159. The van der Waals surface area contributed by atoms with Crippen molar-refractivity contribution in [2.75, 3.05) is 6.61 Å². The smallest absolute Gasteiger partial charge is 0.283 e. The highest BCUT2D eigenvalue weighted by molar-refractivity contribution is 5.89. The number of halogens is 1. The Bertz CT molecular complexity index is 905. The number of carbonyl (C=O) groups is 1. The van der Waals surface area contributed by atoms with E-state index in [1.165, 1.54) is 24.3 Å².